The maximum Gasteiger partial charge on any atom is 0.398 e. The average Bonchev–Trinajstić information content (AvgIpc) is 2.53. The molecule has 128 valence electrons. The molecular formula is C18H19F3N2S. The highest BCUT2D eigenvalue weighted by molar-refractivity contribution is 7.99. The summed E-state index contributed by atoms with van der Waals surface area (Å²) in [6.07, 6.45) is -4.19. The normalized spacial score (nSPS) is 12.3. The average molecular weight is 352 g/mol. The summed E-state index contributed by atoms with van der Waals surface area (Å²) < 4.78 is 37.4. The van der Waals surface area contributed by atoms with E-state index in [4.69, 9.17) is 0 Å². The first kappa shape index (κ1) is 18.4. The van der Waals surface area contributed by atoms with Gasteiger partial charge in [0.05, 0.1) is 11.4 Å². The number of aryl methyl sites for hydroxylation is 2. The Morgan fingerprint density at radius 3 is 2.33 bits per heavy atom. The molecule has 0 spiro atoms. The number of thioether (sulfide) groups is 1. The van der Waals surface area contributed by atoms with Crippen molar-refractivity contribution in [3.05, 3.63) is 59.2 Å². The Bertz CT molecular complexity index is 725. The van der Waals surface area contributed by atoms with Gasteiger partial charge in [-0.3, -0.25) is 0 Å². The second kappa shape index (κ2) is 7.75. The number of nitrogens with zero attached hydrogens (tertiary/aromatic N) is 1. The number of aliphatic imine (C=N–C) groups is 1. The maximum absolute atomic E-state index is 12.5. The fourth-order valence-electron chi connectivity index (χ4n) is 2.24. The van der Waals surface area contributed by atoms with Gasteiger partial charge in [0.2, 0.25) is 0 Å². The topological polar surface area (TPSA) is 24.4 Å². The summed E-state index contributed by atoms with van der Waals surface area (Å²) in [5.74, 6) is -0.230. The lowest BCUT2D eigenvalue weighted by atomic mass is 10.1. The van der Waals surface area contributed by atoms with E-state index in [0.717, 1.165) is 28.5 Å². The molecule has 0 aliphatic carbocycles. The van der Waals surface area contributed by atoms with Gasteiger partial charge in [-0.2, -0.15) is 13.2 Å². The van der Waals surface area contributed by atoms with Gasteiger partial charge in [0.15, 0.2) is 0 Å². The van der Waals surface area contributed by atoms with E-state index in [2.05, 4.69) is 10.3 Å². The van der Waals surface area contributed by atoms with Crippen molar-refractivity contribution in [1.29, 1.82) is 0 Å². The molecule has 0 atom stereocenters. The Morgan fingerprint density at radius 2 is 1.75 bits per heavy atom. The van der Waals surface area contributed by atoms with Gasteiger partial charge in [-0.1, -0.05) is 36.4 Å². The summed E-state index contributed by atoms with van der Waals surface area (Å²) in [4.78, 5) is 5.20. The molecule has 0 saturated heterocycles. The number of hydrogen-bond donors (Lipinski definition) is 1. The molecule has 6 heteroatoms. The van der Waals surface area contributed by atoms with Gasteiger partial charge in [0.1, 0.15) is 5.84 Å². The number of hydrogen-bond acceptors (Lipinski definition) is 2. The lowest BCUT2D eigenvalue weighted by Crippen LogP contribution is -2.19. The number of nitrogens with one attached hydrogen (secondary N) is 1. The molecule has 0 fully saturated rings. The molecule has 0 unspecified atom stereocenters. The van der Waals surface area contributed by atoms with Gasteiger partial charge in [-0.15, -0.1) is 11.8 Å². The van der Waals surface area contributed by atoms with Crippen LogP contribution in [0.25, 0.3) is 0 Å². The quantitative estimate of drug-likeness (QED) is 0.461. The second-order valence-electron chi connectivity index (χ2n) is 5.38. The van der Waals surface area contributed by atoms with Gasteiger partial charge in [0, 0.05) is 17.5 Å². The fraction of sp³-hybridized carbons (Fsp3) is 0.278. The molecule has 0 amide bonds. The van der Waals surface area contributed by atoms with Crippen LogP contribution in [0.2, 0.25) is 0 Å². The highest BCUT2D eigenvalue weighted by Gasteiger charge is 2.27. The van der Waals surface area contributed by atoms with Crippen molar-refractivity contribution in [2.24, 2.45) is 4.99 Å². The largest absolute Gasteiger partial charge is 0.398 e. The lowest BCUT2D eigenvalue weighted by molar-refractivity contribution is -0.105. The summed E-state index contributed by atoms with van der Waals surface area (Å²) in [7, 11) is 1.77. The van der Waals surface area contributed by atoms with E-state index in [1.54, 1.807) is 13.1 Å². The molecule has 0 radical (unpaired) electrons. The summed E-state index contributed by atoms with van der Waals surface area (Å²) in [6, 6.07) is 13.2. The zero-order valence-electron chi connectivity index (χ0n) is 13.7. The van der Waals surface area contributed by atoms with Crippen LogP contribution in [-0.4, -0.2) is 24.8 Å². The molecule has 2 aromatic rings. The number of halogens is 3. The zero-order chi connectivity index (χ0) is 17.7. The van der Waals surface area contributed by atoms with Crippen LogP contribution in [0.4, 0.5) is 18.9 Å². The number of amidine groups is 1. The maximum atomic E-state index is 12.5. The highest BCUT2D eigenvalue weighted by Crippen LogP contribution is 2.33. The Kier molecular flexibility index (Phi) is 5.94. The van der Waals surface area contributed by atoms with Gasteiger partial charge >= 0.3 is 6.18 Å². The summed E-state index contributed by atoms with van der Waals surface area (Å²) in [5.41, 5.74) is 3.34. The van der Waals surface area contributed by atoms with E-state index in [-0.39, 0.29) is 0 Å². The zero-order valence-corrected chi connectivity index (χ0v) is 14.6. The van der Waals surface area contributed by atoms with Gasteiger partial charge in [-0.05, 0) is 31.0 Å². The predicted octanol–water partition coefficient (Wildman–Crippen LogP) is 5.26. The van der Waals surface area contributed by atoms with Crippen molar-refractivity contribution >= 4 is 23.3 Å². The smallest absolute Gasteiger partial charge is 0.373 e. The molecule has 2 aromatic carbocycles. The molecule has 0 aliphatic rings. The molecule has 1 N–H and O–H groups in total. The standard InChI is InChI=1S/C18H19F3N2S/c1-12-9-13(2)16(24-11-18(19,20)21)10-15(12)23-17(22-3)14-7-5-4-6-8-14/h4-10H,11H2,1-3H3,(H,22,23). The summed E-state index contributed by atoms with van der Waals surface area (Å²) in [6.45, 7) is 3.72. The van der Waals surface area contributed by atoms with Crippen molar-refractivity contribution in [2.75, 3.05) is 12.8 Å². The van der Waals surface area contributed by atoms with Crippen LogP contribution in [0.15, 0.2) is 52.4 Å². The van der Waals surface area contributed by atoms with Gasteiger partial charge in [0.25, 0.3) is 0 Å². The Morgan fingerprint density at radius 1 is 1.08 bits per heavy atom. The molecule has 0 bridgehead atoms. The van der Waals surface area contributed by atoms with Crippen molar-refractivity contribution < 1.29 is 13.2 Å². The Balaban J connectivity index is 2.37. The van der Waals surface area contributed by atoms with E-state index in [9.17, 15) is 13.2 Å². The molecular weight excluding hydrogens is 333 g/mol. The molecule has 0 aliphatic heterocycles. The minimum Gasteiger partial charge on any atom is -0.373 e. The van der Waals surface area contributed by atoms with Crippen LogP contribution in [-0.2, 0) is 0 Å². The lowest BCUT2D eigenvalue weighted by Gasteiger charge is -2.12. The first-order chi connectivity index (χ1) is 11.3. The predicted molar refractivity (Wildman–Crippen MR) is 94.4 cm³/mol. The molecule has 0 heterocycles. The van der Waals surface area contributed by atoms with Crippen LogP contribution in [0.5, 0.6) is 0 Å². The van der Waals surface area contributed by atoms with Crippen LogP contribution in [0, 0.1) is 13.8 Å². The number of alkyl halides is 3. The Hall–Kier alpha value is -1.95. The minimum atomic E-state index is -4.19. The SMILES string of the molecule is CN/C(=N\c1cc(SCC(F)(F)F)c(C)cc1C)c1ccccc1. The first-order valence-electron chi connectivity index (χ1n) is 7.43. The van der Waals surface area contributed by atoms with Crippen molar-refractivity contribution in [2.45, 2.75) is 24.9 Å². The second-order valence-corrected chi connectivity index (χ2v) is 6.40. The monoisotopic (exact) mass is 352 g/mol. The van der Waals surface area contributed by atoms with Crippen molar-refractivity contribution in [1.82, 2.24) is 5.32 Å². The first-order valence-corrected chi connectivity index (χ1v) is 8.41. The van der Waals surface area contributed by atoms with E-state index < -0.39 is 11.9 Å². The van der Waals surface area contributed by atoms with Crippen LogP contribution >= 0.6 is 11.8 Å². The van der Waals surface area contributed by atoms with Crippen molar-refractivity contribution in [3.63, 3.8) is 0 Å². The van der Waals surface area contributed by atoms with E-state index in [0.29, 0.717) is 16.4 Å². The van der Waals surface area contributed by atoms with Crippen LogP contribution in [0.1, 0.15) is 16.7 Å². The molecule has 24 heavy (non-hydrogen) atoms. The van der Waals surface area contributed by atoms with Gasteiger partial charge < -0.3 is 5.32 Å². The molecule has 2 rings (SSSR count). The number of benzene rings is 2. The fourth-order valence-corrected chi connectivity index (χ4v) is 3.04. The molecule has 0 aromatic heterocycles. The highest BCUT2D eigenvalue weighted by atomic mass is 32.2. The van der Waals surface area contributed by atoms with E-state index >= 15 is 0 Å². The third-order valence-corrected chi connectivity index (χ3v) is 4.62. The summed E-state index contributed by atoms with van der Waals surface area (Å²) >= 11 is 0.793. The van der Waals surface area contributed by atoms with E-state index in [1.165, 1.54) is 0 Å². The third kappa shape index (κ3) is 5.03. The Labute approximate surface area is 144 Å². The summed E-state index contributed by atoms with van der Waals surface area (Å²) in [5, 5.41) is 3.05. The van der Waals surface area contributed by atoms with Crippen LogP contribution in [0.3, 0.4) is 0 Å². The number of rotatable bonds is 4. The van der Waals surface area contributed by atoms with Gasteiger partial charge in [-0.25, -0.2) is 4.99 Å². The third-order valence-electron chi connectivity index (χ3n) is 3.40. The van der Waals surface area contributed by atoms with Crippen molar-refractivity contribution in [3.8, 4) is 0 Å². The molecule has 2 nitrogen and oxygen atoms in total. The minimum absolute atomic E-state index is 0.597. The molecule has 0 saturated carbocycles. The van der Waals surface area contributed by atoms with Crippen LogP contribution < -0.4 is 5.32 Å². The van der Waals surface area contributed by atoms with E-state index in [1.807, 2.05) is 50.2 Å².